The van der Waals surface area contributed by atoms with Crippen molar-refractivity contribution in [2.24, 2.45) is 0 Å². The first-order valence-corrected chi connectivity index (χ1v) is 8.39. The molecule has 0 aliphatic carbocycles. The van der Waals surface area contributed by atoms with Crippen molar-refractivity contribution in [1.29, 1.82) is 0 Å². The number of amides is 1. The third-order valence-electron chi connectivity index (χ3n) is 4.21. The van der Waals surface area contributed by atoms with Gasteiger partial charge in [-0.1, -0.05) is 12.1 Å². The van der Waals surface area contributed by atoms with Gasteiger partial charge < -0.3 is 19.6 Å². The lowest BCUT2D eigenvalue weighted by Gasteiger charge is -2.18. The first kappa shape index (κ1) is 18.1. The van der Waals surface area contributed by atoms with Crippen molar-refractivity contribution in [3.63, 3.8) is 0 Å². The quantitative estimate of drug-likeness (QED) is 0.835. The van der Waals surface area contributed by atoms with Crippen LogP contribution in [0, 0.1) is 5.82 Å². The van der Waals surface area contributed by atoms with Crippen molar-refractivity contribution in [3.8, 4) is 5.88 Å². The highest BCUT2D eigenvalue weighted by atomic mass is 19.1. The number of ether oxygens (including phenoxy) is 1. The van der Waals surface area contributed by atoms with E-state index in [2.05, 4.69) is 10.2 Å². The monoisotopic (exact) mass is 360 g/mol. The van der Waals surface area contributed by atoms with Gasteiger partial charge in [0.1, 0.15) is 5.82 Å². The number of aliphatic hydroxyl groups is 1. The van der Waals surface area contributed by atoms with Crippen LogP contribution in [0.4, 0.5) is 10.2 Å². The molecule has 0 unspecified atom stereocenters. The number of aliphatic hydroxyl groups excluding tert-OH is 1. The molecule has 2 aromatic rings. The Hall–Kier alpha value is -2.74. The number of β-amino-alcohol motifs (C(OH)–C–C–N with tert-alkyl or cyclic N) is 1. The average molecular weight is 360 g/mol. The number of nitrogens with zero attached hydrogens (tertiary/aromatic N) is 4. The number of anilines is 1. The molecule has 0 saturated carbocycles. The summed E-state index contributed by atoms with van der Waals surface area (Å²) in [7, 11) is 1.86. The lowest BCUT2D eigenvalue weighted by Crippen LogP contribution is -2.33. The molecule has 0 bridgehead atoms. The van der Waals surface area contributed by atoms with Crippen LogP contribution in [0.15, 0.2) is 36.4 Å². The Kier molecular flexibility index (Phi) is 5.62. The molecule has 1 aliphatic heterocycles. The van der Waals surface area contributed by atoms with Crippen molar-refractivity contribution in [2.45, 2.75) is 19.1 Å². The molecule has 1 fully saturated rings. The second kappa shape index (κ2) is 8.09. The van der Waals surface area contributed by atoms with Crippen molar-refractivity contribution in [1.82, 2.24) is 15.1 Å². The summed E-state index contributed by atoms with van der Waals surface area (Å²) in [4.78, 5) is 15.4. The molecule has 1 aromatic heterocycles. The maximum atomic E-state index is 12.9. The zero-order valence-electron chi connectivity index (χ0n) is 14.5. The predicted molar refractivity (Wildman–Crippen MR) is 93.2 cm³/mol. The Morgan fingerprint density at radius 2 is 2.08 bits per heavy atom. The predicted octanol–water partition coefficient (Wildman–Crippen LogP) is 1.22. The molecule has 8 heteroatoms. The number of hydrogen-bond donors (Lipinski definition) is 1. The van der Waals surface area contributed by atoms with Gasteiger partial charge in [0.15, 0.2) is 12.4 Å². The van der Waals surface area contributed by atoms with Gasteiger partial charge in [-0.15, -0.1) is 10.2 Å². The summed E-state index contributed by atoms with van der Waals surface area (Å²) in [6.07, 6.45) is 0.148. The Morgan fingerprint density at radius 3 is 2.69 bits per heavy atom. The number of benzene rings is 1. The second-order valence-corrected chi connectivity index (χ2v) is 6.28. The van der Waals surface area contributed by atoms with Crippen LogP contribution < -0.4 is 9.64 Å². The summed E-state index contributed by atoms with van der Waals surface area (Å²) in [5.74, 6) is 0.448. The van der Waals surface area contributed by atoms with Crippen molar-refractivity contribution in [3.05, 3.63) is 47.8 Å². The summed E-state index contributed by atoms with van der Waals surface area (Å²) in [6, 6.07) is 9.67. The van der Waals surface area contributed by atoms with E-state index in [1.807, 2.05) is 11.9 Å². The smallest absolute Gasteiger partial charge is 0.260 e. The number of rotatable bonds is 6. The molecule has 1 N–H and O–H groups in total. The fourth-order valence-corrected chi connectivity index (χ4v) is 2.73. The molecule has 7 nitrogen and oxygen atoms in total. The van der Waals surface area contributed by atoms with Gasteiger partial charge in [-0.25, -0.2) is 4.39 Å². The van der Waals surface area contributed by atoms with Crippen LogP contribution in [0.5, 0.6) is 5.88 Å². The van der Waals surface area contributed by atoms with Gasteiger partial charge in [0.2, 0.25) is 5.88 Å². The molecule has 3 rings (SSSR count). The lowest BCUT2D eigenvalue weighted by molar-refractivity contribution is -0.132. The molecule has 1 saturated heterocycles. The van der Waals surface area contributed by atoms with Crippen molar-refractivity contribution >= 4 is 11.7 Å². The molecule has 0 radical (unpaired) electrons. The fraction of sp³-hybridized carbons (Fsp3) is 0.389. The van der Waals surface area contributed by atoms with E-state index in [1.54, 1.807) is 29.2 Å². The minimum atomic E-state index is -0.449. The maximum Gasteiger partial charge on any atom is 0.260 e. The third-order valence-corrected chi connectivity index (χ3v) is 4.21. The van der Waals surface area contributed by atoms with Crippen molar-refractivity contribution < 1.29 is 19.0 Å². The van der Waals surface area contributed by atoms with Gasteiger partial charge in [0.05, 0.1) is 6.10 Å². The first-order valence-electron chi connectivity index (χ1n) is 8.39. The van der Waals surface area contributed by atoms with Crippen LogP contribution in [0.1, 0.15) is 12.0 Å². The highest BCUT2D eigenvalue weighted by Gasteiger charge is 2.24. The van der Waals surface area contributed by atoms with E-state index >= 15 is 0 Å². The molecule has 1 aromatic carbocycles. The average Bonchev–Trinajstić information content (AvgIpc) is 3.08. The van der Waals surface area contributed by atoms with E-state index in [4.69, 9.17) is 4.74 Å². The lowest BCUT2D eigenvalue weighted by atomic mass is 10.2. The van der Waals surface area contributed by atoms with Gasteiger partial charge in [-0.05, 0) is 30.2 Å². The molecule has 0 spiro atoms. The number of carbonyl (C=O) groups is 1. The van der Waals surface area contributed by atoms with Crippen LogP contribution in [0.25, 0.3) is 0 Å². The number of hydrogen-bond acceptors (Lipinski definition) is 6. The van der Waals surface area contributed by atoms with Gasteiger partial charge in [-0.3, -0.25) is 4.79 Å². The second-order valence-electron chi connectivity index (χ2n) is 6.28. The zero-order chi connectivity index (χ0) is 18.5. The zero-order valence-corrected chi connectivity index (χ0v) is 14.5. The van der Waals surface area contributed by atoms with Crippen LogP contribution in [-0.4, -0.2) is 59.0 Å². The Labute approximate surface area is 151 Å². The van der Waals surface area contributed by atoms with Crippen LogP contribution in [0.3, 0.4) is 0 Å². The Bertz CT molecular complexity index is 739. The minimum Gasteiger partial charge on any atom is -0.466 e. The largest absolute Gasteiger partial charge is 0.466 e. The molecule has 138 valence electrons. The number of halogens is 1. The van der Waals surface area contributed by atoms with E-state index in [-0.39, 0.29) is 24.2 Å². The van der Waals surface area contributed by atoms with Gasteiger partial charge in [0.25, 0.3) is 5.91 Å². The standard InChI is InChI=1S/C18H21FN4O3/c1-22(10-13-2-4-14(19)5-3-13)16-6-7-17(21-20-16)26-12-18(25)23-9-8-15(24)11-23/h2-7,15,24H,8-12H2,1H3/t15-/m1/s1. The SMILES string of the molecule is CN(Cc1ccc(F)cc1)c1ccc(OCC(=O)N2CC[C@@H](O)C2)nn1. The topological polar surface area (TPSA) is 78.8 Å². The summed E-state index contributed by atoms with van der Waals surface area (Å²) in [5.41, 5.74) is 0.953. The highest BCUT2D eigenvalue weighted by Crippen LogP contribution is 2.15. The summed E-state index contributed by atoms with van der Waals surface area (Å²) in [5, 5.41) is 17.5. The molecule has 1 atom stereocenters. The van der Waals surface area contributed by atoms with E-state index in [1.165, 1.54) is 12.1 Å². The highest BCUT2D eigenvalue weighted by molar-refractivity contribution is 5.78. The molecule has 1 amide bonds. The van der Waals surface area contributed by atoms with Crippen LogP contribution in [0.2, 0.25) is 0 Å². The Balaban J connectivity index is 1.51. The fourth-order valence-electron chi connectivity index (χ4n) is 2.73. The minimum absolute atomic E-state index is 0.133. The van der Waals surface area contributed by atoms with E-state index in [9.17, 15) is 14.3 Å². The maximum absolute atomic E-state index is 12.9. The van der Waals surface area contributed by atoms with Crippen LogP contribution >= 0.6 is 0 Å². The molecule has 2 heterocycles. The third kappa shape index (κ3) is 4.66. The molecular formula is C18H21FN4O3. The summed E-state index contributed by atoms with van der Waals surface area (Å²) in [6.45, 7) is 1.32. The van der Waals surface area contributed by atoms with E-state index in [0.717, 1.165) is 5.56 Å². The number of carbonyl (C=O) groups excluding carboxylic acids is 1. The van der Waals surface area contributed by atoms with Gasteiger partial charge in [0, 0.05) is 32.7 Å². The van der Waals surface area contributed by atoms with Gasteiger partial charge in [-0.2, -0.15) is 0 Å². The summed E-state index contributed by atoms with van der Waals surface area (Å²) >= 11 is 0. The van der Waals surface area contributed by atoms with Gasteiger partial charge >= 0.3 is 0 Å². The van der Waals surface area contributed by atoms with E-state index in [0.29, 0.717) is 31.9 Å². The van der Waals surface area contributed by atoms with Crippen LogP contribution in [-0.2, 0) is 11.3 Å². The summed E-state index contributed by atoms with van der Waals surface area (Å²) < 4.78 is 18.3. The molecule has 1 aliphatic rings. The van der Waals surface area contributed by atoms with Crippen molar-refractivity contribution in [2.75, 3.05) is 31.6 Å². The number of aromatic nitrogens is 2. The van der Waals surface area contributed by atoms with E-state index < -0.39 is 6.10 Å². The number of likely N-dealkylation sites (tertiary alicyclic amines) is 1. The molecule has 26 heavy (non-hydrogen) atoms. The normalized spacial score (nSPS) is 16.6. The first-order chi connectivity index (χ1) is 12.5. The Morgan fingerprint density at radius 1 is 1.31 bits per heavy atom. The molecular weight excluding hydrogens is 339 g/mol.